The summed E-state index contributed by atoms with van der Waals surface area (Å²) in [6.45, 7) is 2.66. The molecule has 1 aliphatic rings. The van der Waals surface area contributed by atoms with Gasteiger partial charge in [-0.3, -0.25) is 4.68 Å². The second kappa shape index (κ2) is 5.23. The second-order valence-corrected chi connectivity index (χ2v) is 5.22. The highest BCUT2D eigenvalue weighted by atomic mass is 35.5. The fraction of sp³-hybridized carbons (Fsp3) is 0.750. The van der Waals surface area contributed by atoms with Crippen LogP contribution in [0.2, 0.25) is 0 Å². The molecular formula is C12H17ClF3N3. The summed E-state index contributed by atoms with van der Waals surface area (Å²) in [5.41, 5.74) is 1.75. The van der Waals surface area contributed by atoms with Gasteiger partial charge in [-0.05, 0) is 19.8 Å². The Morgan fingerprint density at radius 2 is 1.89 bits per heavy atom. The van der Waals surface area contributed by atoms with E-state index in [1.807, 2.05) is 11.8 Å². The van der Waals surface area contributed by atoms with E-state index in [1.165, 1.54) is 0 Å². The first-order valence-corrected chi connectivity index (χ1v) is 6.78. The van der Waals surface area contributed by atoms with Gasteiger partial charge in [-0.1, -0.05) is 0 Å². The normalized spacial score (nSPS) is 18.1. The molecule has 1 saturated heterocycles. The molecule has 3 nitrogen and oxygen atoms in total. The van der Waals surface area contributed by atoms with Crippen molar-refractivity contribution in [2.24, 2.45) is 13.0 Å². The molecule has 0 saturated carbocycles. The Morgan fingerprint density at radius 1 is 1.32 bits per heavy atom. The maximum atomic E-state index is 12.6. The SMILES string of the molecule is Cc1nn(C)c(N2CCC(C(F)(F)F)CC2)c1CCl. The molecule has 1 aromatic rings. The summed E-state index contributed by atoms with van der Waals surface area (Å²) in [4.78, 5) is 1.96. The topological polar surface area (TPSA) is 21.1 Å². The lowest BCUT2D eigenvalue weighted by atomic mass is 9.96. The number of aromatic nitrogens is 2. The van der Waals surface area contributed by atoms with E-state index in [1.54, 1.807) is 11.7 Å². The number of hydrogen-bond acceptors (Lipinski definition) is 2. The minimum atomic E-state index is -4.08. The van der Waals surface area contributed by atoms with Crippen LogP contribution >= 0.6 is 11.6 Å². The molecule has 0 amide bonds. The summed E-state index contributed by atoms with van der Waals surface area (Å²) in [5.74, 6) is -0.000516. The van der Waals surface area contributed by atoms with Crippen molar-refractivity contribution >= 4 is 17.4 Å². The van der Waals surface area contributed by atoms with Gasteiger partial charge in [0.25, 0.3) is 0 Å². The van der Waals surface area contributed by atoms with Gasteiger partial charge < -0.3 is 4.90 Å². The predicted molar refractivity (Wildman–Crippen MR) is 68.5 cm³/mol. The zero-order valence-electron chi connectivity index (χ0n) is 11.0. The summed E-state index contributed by atoms with van der Waals surface area (Å²) in [6.07, 6.45) is -3.81. The quantitative estimate of drug-likeness (QED) is 0.781. The minimum absolute atomic E-state index is 0.134. The maximum Gasteiger partial charge on any atom is 0.391 e. The van der Waals surface area contributed by atoms with E-state index in [0.717, 1.165) is 17.1 Å². The third kappa shape index (κ3) is 2.83. The molecule has 0 spiro atoms. The van der Waals surface area contributed by atoms with Crippen molar-refractivity contribution in [1.29, 1.82) is 0 Å². The Bertz CT molecular complexity index is 448. The smallest absolute Gasteiger partial charge is 0.357 e. The Morgan fingerprint density at radius 3 is 2.37 bits per heavy atom. The van der Waals surface area contributed by atoms with Crippen LogP contribution in [0.4, 0.5) is 19.0 Å². The average molecular weight is 296 g/mol. The van der Waals surface area contributed by atoms with E-state index in [4.69, 9.17) is 11.6 Å². The first-order valence-electron chi connectivity index (χ1n) is 6.24. The van der Waals surface area contributed by atoms with Crippen molar-refractivity contribution in [3.63, 3.8) is 0 Å². The van der Waals surface area contributed by atoms with E-state index < -0.39 is 12.1 Å². The molecule has 0 bridgehead atoms. The summed E-state index contributed by atoms with van der Waals surface area (Å²) in [7, 11) is 1.80. The van der Waals surface area contributed by atoms with Gasteiger partial charge in [0.05, 0.1) is 17.5 Å². The van der Waals surface area contributed by atoms with Crippen LogP contribution < -0.4 is 4.90 Å². The van der Waals surface area contributed by atoms with E-state index in [-0.39, 0.29) is 12.8 Å². The molecule has 2 heterocycles. The molecule has 7 heteroatoms. The van der Waals surface area contributed by atoms with Crippen LogP contribution in [-0.2, 0) is 12.9 Å². The maximum absolute atomic E-state index is 12.6. The van der Waals surface area contributed by atoms with Crippen molar-refractivity contribution in [3.05, 3.63) is 11.3 Å². The van der Waals surface area contributed by atoms with Crippen LogP contribution in [0.3, 0.4) is 0 Å². The Labute approximate surface area is 115 Å². The van der Waals surface area contributed by atoms with Gasteiger partial charge in [0.2, 0.25) is 0 Å². The van der Waals surface area contributed by atoms with Crippen LogP contribution in [0.25, 0.3) is 0 Å². The molecule has 0 aromatic carbocycles. The molecule has 19 heavy (non-hydrogen) atoms. The number of anilines is 1. The summed E-state index contributed by atoms with van der Waals surface area (Å²) >= 11 is 5.91. The number of alkyl halides is 4. The van der Waals surface area contributed by atoms with Crippen LogP contribution in [0, 0.1) is 12.8 Å². The monoisotopic (exact) mass is 295 g/mol. The third-order valence-electron chi connectivity index (χ3n) is 3.70. The Balaban J connectivity index is 2.14. The van der Waals surface area contributed by atoms with Gasteiger partial charge in [0.15, 0.2) is 0 Å². The third-order valence-corrected chi connectivity index (χ3v) is 3.97. The predicted octanol–water partition coefficient (Wildman–Crippen LogP) is 3.25. The standard InChI is InChI=1S/C12H17ClF3N3/c1-8-10(7-13)11(18(2)17-8)19-5-3-9(4-6-19)12(14,15)16/h9H,3-7H2,1-2H3. The van der Waals surface area contributed by atoms with E-state index in [9.17, 15) is 13.2 Å². The molecule has 108 valence electrons. The van der Waals surface area contributed by atoms with E-state index in [2.05, 4.69) is 5.10 Å². The molecule has 1 fully saturated rings. The summed E-state index contributed by atoms with van der Waals surface area (Å²) < 4.78 is 39.6. The molecule has 0 atom stereocenters. The van der Waals surface area contributed by atoms with Crippen molar-refractivity contribution in [1.82, 2.24) is 9.78 Å². The molecule has 1 aromatic heterocycles. The van der Waals surface area contributed by atoms with Gasteiger partial charge in [-0.2, -0.15) is 18.3 Å². The van der Waals surface area contributed by atoms with Gasteiger partial charge in [-0.25, -0.2) is 0 Å². The van der Waals surface area contributed by atoms with Gasteiger partial charge in [-0.15, -0.1) is 11.6 Å². The van der Waals surface area contributed by atoms with Crippen molar-refractivity contribution < 1.29 is 13.2 Å². The van der Waals surface area contributed by atoms with Gasteiger partial charge in [0.1, 0.15) is 5.82 Å². The van der Waals surface area contributed by atoms with Crippen molar-refractivity contribution in [3.8, 4) is 0 Å². The average Bonchev–Trinajstić information content (AvgIpc) is 2.62. The van der Waals surface area contributed by atoms with Gasteiger partial charge in [0, 0.05) is 25.7 Å². The Kier molecular flexibility index (Phi) is 3.99. The molecule has 2 rings (SSSR count). The molecule has 0 N–H and O–H groups in total. The van der Waals surface area contributed by atoms with E-state index in [0.29, 0.717) is 19.0 Å². The number of hydrogen-bond donors (Lipinski definition) is 0. The van der Waals surface area contributed by atoms with Crippen LogP contribution in [0.1, 0.15) is 24.1 Å². The number of nitrogens with zero attached hydrogens (tertiary/aromatic N) is 3. The highest BCUT2D eigenvalue weighted by Gasteiger charge is 2.41. The molecule has 0 unspecified atom stereocenters. The minimum Gasteiger partial charge on any atom is -0.357 e. The van der Waals surface area contributed by atoms with Crippen LogP contribution in [-0.4, -0.2) is 29.0 Å². The fourth-order valence-corrected chi connectivity index (χ4v) is 2.97. The lowest BCUT2D eigenvalue weighted by Crippen LogP contribution is -2.40. The largest absolute Gasteiger partial charge is 0.391 e. The number of halogens is 4. The summed E-state index contributed by atoms with van der Waals surface area (Å²) in [6, 6.07) is 0. The van der Waals surface area contributed by atoms with Crippen LogP contribution in [0.5, 0.6) is 0 Å². The molecule has 0 aliphatic carbocycles. The molecule has 1 aliphatic heterocycles. The molecular weight excluding hydrogens is 279 g/mol. The van der Waals surface area contributed by atoms with Crippen LogP contribution in [0.15, 0.2) is 0 Å². The lowest BCUT2D eigenvalue weighted by molar-refractivity contribution is -0.179. The first kappa shape index (κ1) is 14.5. The lowest BCUT2D eigenvalue weighted by Gasteiger charge is -2.34. The van der Waals surface area contributed by atoms with Crippen molar-refractivity contribution in [2.45, 2.75) is 31.8 Å². The number of piperidine rings is 1. The highest BCUT2D eigenvalue weighted by molar-refractivity contribution is 6.17. The first-order chi connectivity index (χ1) is 8.84. The molecule has 0 radical (unpaired) electrons. The van der Waals surface area contributed by atoms with Crippen molar-refractivity contribution in [2.75, 3.05) is 18.0 Å². The fourth-order valence-electron chi connectivity index (χ4n) is 2.66. The summed E-state index contributed by atoms with van der Waals surface area (Å²) in [5, 5.41) is 4.29. The number of rotatable bonds is 2. The zero-order valence-corrected chi connectivity index (χ0v) is 11.7. The van der Waals surface area contributed by atoms with Gasteiger partial charge >= 0.3 is 6.18 Å². The highest BCUT2D eigenvalue weighted by Crippen LogP contribution is 2.36. The number of aryl methyl sites for hydroxylation is 2. The zero-order chi connectivity index (χ0) is 14.2. The second-order valence-electron chi connectivity index (χ2n) is 4.95. The van der Waals surface area contributed by atoms with E-state index >= 15 is 0 Å². The Hall–Kier alpha value is -0.910.